The van der Waals surface area contributed by atoms with Crippen LogP contribution in [0.5, 0.6) is 5.88 Å². The summed E-state index contributed by atoms with van der Waals surface area (Å²) in [6, 6.07) is 7.67. The van der Waals surface area contributed by atoms with E-state index in [1.54, 1.807) is 13.8 Å². The smallest absolute Gasteiger partial charge is 0.271 e. The van der Waals surface area contributed by atoms with Gasteiger partial charge < -0.3 is 5.11 Å². The van der Waals surface area contributed by atoms with Crippen molar-refractivity contribution in [1.29, 1.82) is 5.26 Å². The number of pyridine rings is 1. The predicted molar refractivity (Wildman–Crippen MR) is 113 cm³/mol. The number of azo groups is 1. The molecule has 0 atom stereocenters. The molecule has 1 aromatic carbocycles. The maximum absolute atomic E-state index is 12.6. The molecule has 1 aromatic heterocycles. The molecule has 0 aliphatic carbocycles. The molecular weight excluding hydrogens is 406 g/mol. The van der Waals surface area contributed by atoms with Gasteiger partial charge in [0, 0.05) is 18.7 Å². The molecule has 9 nitrogen and oxygen atoms in total. The molecule has 1 heterocycles. The largest absolute Gasteiger partial charge is 0.493 e. The molecule has 0 fully saturated rings. The van der Waals surface area contributed by atoms with E-state index in [1.165, 1.54) is 24.3 Å². The van der Waals surface area contributed by atoms with Crippen LogP contribution in [0.2, 0.25) is 0 Å². The number of nitriles is 1. The fourth-order valence-electron chi connectivity index (χ4n) is 2.90. The minimum Gasteiger partial charge on any atom is -0.493 e. The van der Waals surface area contributed by atoms with Gasteiger partial charge in [0.1, 0.15) is 11.6 Å². The maximum atomic E-state index is 12.6. The van der Waals surface area contributed by atoms with E-state index in [9.17, 15) is 23.6 Å². The lowest BCUT2D eigenvalue weighted by Crippen LogP contribution is -2.24. The van der Waals surface area contributed by atoms with Crippen molar-refractivity contribution in [2.75, 3.05) is 6.54 Å². The van der Waals surface area contributed by atoms with Crippen molar-refractivity contribution in [2.45, 2.75) is 51.5 Å². The number of nitrogens with one attached hydrogen (secondary N) is 1. The summed E-state index contributed by atoms with van der Waals surface area (Å²) in [6.07, 6.45) is 1.78. The molecule has 0 spiro atoms. The molecule has 160 valence electrons. The van der Waals surface area contributed by atoms with Crippen molar-refractivity contribution >= 4 is 21.4 Å². The Kier molecular flexibility index (Phi) is 7.86. The van der Waals surface area contributed by atoms with Crippen LogP contribution in [0, 0.1) is 11.3 Å². The number of nitrogens with zero attached hydrogens (tertiary/aromatic N) is 4. The van der Waals surface area contributed by atoms with E-state index in [0.717, 1.165) is 11.0 Å². The van der Waals surface area contributed by atoms with E-state index in [-0.39, 0.29) is 35.1 Å². The molecule has 10 heteroatoms. The van der Waals surface area contributed by atoms with Gasteiger partial charge in [0.25, 0.3) is 5.56 Å². The fourth-order valence-corrected chi connectivity index (χ4v) is 3.94. The second-order valence-electron chi connectivity index (χ2n) is 6.50. The SMILES string of the molecule is CCCCn1c(O)c(/N=N/c2ccc(S(=O)(=O)NCC)cc2)c(CC)c(C#N)c1=O. The number of unbranched alkanes of at least 4 members (excludes halogenated alkanes) is 1. The highest BCUT2D eigenvalue weighted by Crippen LogP contribution is 2.33. The van der Waals surface area contributed by atoms with Crippen LogP contribution in [0.25, 0.3) is 0 Å². The molecule has 0 unspecified atom stereocenters. The highest BCUT2D eigenvalue weighted by atomic mass is 32.2. The molecule has 30 heavy (non-hydrogen) atoms. The van der Waals surface area contributed by atoms with Gasteiger partial charge in [-0.1, -0.05) is 27.2 Å². The zero-order chi connectivity index (χ0) is 22.3. The lowest BCUT2D eigenvalue weighted by molar-refractivity contribution is 0.402. The normalized spacial score (nSPS) is 11.7. The van der Waals surface area contributed by atoms with E-state index in [0.29, 0.717) is 24.1 Å². The van der Waals surface area contributed by atoms with E-state index in [1.807, 2.05) is 13.0 Å². The topological polar surface area (TPSA) is 137 Å². The number of hydrogen-bond acceptors (Lipinski definition) is 7. The van der Waals surface area contributed by atoms with Gasteiger partial charge in [-0.3, -0.25) is 9.36 Å². The molecule has 0 aliphatic heterocycles. The molecule has 2 aromatic rings. The van der Waals surface area contributed by atoms with Crippen LogP contribution in [-0.2, 0) is 23.0 Å². The molecule has 0 amide bonds. The second-order valence-corrected chi connectivity index (χ2v) is 8.26. The highest BCUT2D eigenvalue weighted by molar-refractivity contribution is 7.89. The third-order valence-corrected chi connectivity index (χ3v) is 6.02. The van der Waals surface area contributed by atoms with Crippen molar-refractivity contribution in [1.82, 2.24) is 9.29 Å². The van der Waals surface area contributed by atoms with E-state index in [2.05, 4.69) is 15.0 Å². The lowest BCUT2D eigenvalue weighted by atomic mass is 10.1. The number of hydrogen-bond donors (Lipinski definition) is 2. The lowest BCUT2D eigenvalue weighted by Gasteiger charge is -2.13. The first-order valence-corrected chi connectivity index (χ1v) is 11.2. The Morgan fingerprint density at radius 2 is 1.83 bits per heavy atom. The summed E-state index contributed by atoms with van der Waals surface area (Å²) in [7, 11) is -3.58. The molecule has 2 N–H and O–H groups in total. The summed E-state index contributed by atoms with van der Waals surface area (Å²) in [6.45, 7) is 5.93. The number of aromatic hydroxyl groups is 1. The van der Waals surface area contributed by atoms with E-state index in [4.69, 9.17) is 0 Å². The van der Waals surface area contributed by atoms with Crippen LogP contribution >= 0.6 is 0 Å². The fraction of sp³-hybridized carbons (Fsp3) is 0.400. The predicted octanol–water partition coefficient (Wildman–Crippen LogP) is 3.50. The van der Waals surface area contributed by atoms with Gasteiger partial charge in [-0.15, -0.1) is 5.11 Å². The first-order valence-electron chi connectivity index (χ1n) is 9.70. The van der Waals surface area contributed by atoms with Crippen LogP contribution in [-0.4, -0.2) is 24.6 Å². The molecule has 0 saturated heterocycles. The zero-order valence-electron chi connectivity index (χ0n) is 17.2. The van der Waals surface area contributed by atoms with Crippen molar-refractivity contribution in [3.8, 4) is 11.9 Å². The third-order valence-electron chi connectivity index (χ3n) is 4.46. The number of aromatic nitrogens is 1. The molecule has 0 aliphatic rings. The maximum Gasteiger partial charge on any atom is 0.271 e. The summed E-state index contributed by atoms with van der Waals surface area (Å²) in [5.41, 5.74) is 0.137. The van der Waals surface area contributed by atoms with Gasteiger partial charge in [-0.05, 0) is 37.1 Å². The van der Waals surface area contributed by atoms with Gasteiger partial charge >= 0.3 is 0 Å². The average Bonchev–Trinajstić information content (AvgIpc) is 2.73. The third kappa shape index (κ3) is 4.93. The van der Waals surface area contributed by atoms with Gasteiger partial charge in [0.15, 0.2) is 5.69 Å². The van der Waals surface area contributed by atoms with Gasteiger partial charge in [-0.2, -0.15) is 10.4 Å². The minimum absolute atomic E-state index is 0.0626. The summed E-state index contributed by atoms with van der Waals surface area (Å²) < 4.78 is 27.6. The summed E-state index contributed by atoms with van der Waals surface area (Å²) >= 11 is 0. The van der Waals surface area contributed by atoms with Gasteiger partial charge in [-0.25, -0.2) is 13.1 Å². The summed E-state index contributed by atoms with van der Waals surface area (Å²) in [5.74, 6) is -0.334. The van der Waals surface area contributed by atoms with Crippen LogP contribution < -0.4 is 10.3 Å². The zero-order valence-corrected chi connectivity index (χ0v) is 18.0. The second kappa shape index (κ2) is 10.1. The minimum atomic E-state index is -3.58. The quantitative estimate of drug-likeness (QED) is 0.585. The van der Waals surface area contributed by atoms with E-state index < -0.39 is 15.6 Å². The number of sulfonamides is 1. The highest BCUT2D eigenvalue weighted by Gasteiger charge is 2.20. The van der Waals surface area contributed by atoms with Crippen LogP contribution in [0.4, 0.5) is 11.4 Å². The van der Waals surface area contributed by atoms with Crippen molar-refractivity contribution in [2.24, 2.45) is 10.2 Å². The van der Waals surface area contributed by atoms with Gasteiger partial charge in [0.05, 0.1) is 10.6 Å². The van der Waals surface area contributed by atoms with Crippen LogP contribution in [0.15, 0.2) is 44.2 Å². The molecule has 0 radical (unpaired) electrons. The van der Waals surface area contributed by atoms with Crippen LogP contribution in [0.1, 0.15) is 44.7 Å². The molecule has 0 saturated carbocycles. The Morgan fingerprint density at radius 1 is 1.17 bits per heavy atom. The Morgan fingerprint density at radius 3 is 2.37 bits per heavy atom. The molecule has 0 bridgehead atoms. The Labute approximate surface area is 175 Å². The molecular formula is C20H25N5O4S. The first kappa shape index (κ1) is 23.3. The first-order chi connectivity index (χ1) is 14.3. The number of rotatable bonds is 9. The van der Waals surface area contributed by atoms with Crippen molar-refractivity contribution in [3.05, 3.63) is 45.7 Å². The summed E-state index contributed by atoms with van der Waals surface area (Å²) in [4.78, 5) is 12.7. The standard InChI is InChI=1S/C20H25N5O4S/c1-4-7-12-25-19(26)17(13-21)16(5-2)18(20(25)27)24-23-14-8-10-15(11-9-14)30(28,29)22-6-3/h8-11,22,27H,4-7,12H2,1-3H3/b24-23+. The average molecular weight is 432 g/mol. The van der Waals surface area contributed by atoms with Crippen molar-refractivity contribution in [3.63, 3.8) is 0 Å². The Hall–Kier alpha value is -3.03. The Balaban J connectivity index is 2.50. The van der Waals surface area contributed by atoms with Crippen LogP contribution in [0.3, 0.4) is 0 Å². The monoisotopic (exact) mass is 431 g/mol. The van der Waals surface area contributed by atoms with E-state index >= 15 is 0 Å². The van der Waals surface area contributed by atoms with Gasteiger partial charge in [0.2, 0.25) is 15.9 Å². The summed E-state index contributed by atoms with van der Waals surface area (Å²) in [5, 5.41) is 28.2. The Bertz CT molecular complexity index is 1130. The molecule has 2 rings (SSSR count). The number of benzene rings is 1. The van der Waals surface area contributed by atoms with Crippen molar-refractivity contribution < 1.29 is 13.5 Å².